The average Bonchev–Trinajstić information content (AvgIpc) is 2.29. The normalized spacial score (nSPS) is 12.4. The number of rotatable bonds is 6. The van der Waals surface area contributed by atoms with Gasteiger partial charge in [-0.25, -0.2) is 13.1 Å². The zero-order valence-electron chi connectivity index (χ0n) is 11.0. The molecule has 5 nitrogen and oxygen atoms in total. The molecule has 0 unspecified atom stereocenters. The Morgan fingerprint density at radius 1 is 1.45 bits per heavy atom. The third-order valence-corrected chi connectivity index (χ3v) is 5.98. The van der Waals surface area contributed by atoms with Gasteiger partial charge in [-0.15, -0.1) is 0 Å². The molecule has 8 heteroatoms. The summed E-state index contributed by atoms with van der Waals surface area (Å²) in [5.41, 5.74) is -0.876. The van der Waals surface area contributed by atoms with Crippen LogP contribution in [0.4, 0.5) is 0 Å². The van der Waals surface area contributed by atoms with Crippen molar-refractivity contribution in [3.8, 4) is 0 Å². The molecule has 0 aliphatic rings. The summed E-state index contributed by atoms with van der Waals surface area (Å²) in [7, 11) is -3.79. The van der Waals surface area contributed by atoms with Crippen molar-refractivity contribution in [1.82, 2.24) is 4.72 Å². The second-order valence-electron chi connectivity index (χ2n) is 4.94. The Morgan fingerprint density at radius 2 is 2.05 bits per heavy atom. The average molecular weight is 385 g/mol. The van der Waals surface area contributed by atoms with E-state index in [0.717, 1.165) is 0 Å². The number of nitrogens with one attached hydrogen (secondary N) is 1. The minimum atomic E-state index is -3.79. The molecule has 0 bridgehead atoms. The summed E-state index contributed by atoms with van der Waals surface area (Å²) in [5.74, 6) is -0.971. The van der Waals surface area contributed by atoms with Gasteiger partial charge in [-0.1, -0.05) is 17.7 Å². The molecule has 0 spiro atoms. The van der Waals surface area contributed by atoms with E-state index in [0.29, 0.717) is 0 Å². The predicted octanol–water partition coefficient (Wildman–Crippen LogP) is 3.02. The fraction of sp³-hybridized carbons (Fsp3) is 0.417. The van der Waals surface area contributed by atoms with Crippen molar-refractivity contribution in [2.75, 3.05) is 0 Å². The van der Waals surface area contributed by atoms with Crippen molar-refractivity contribution in [1.29, 1.82) is 0 Å². The lowest BCUT2D eigenvalue weighted by molar-refractivity contribution is -0.137. The second-order valence-corrected chi connectivity index (χ2v) is 7.79. The molecule has 0 atom stereocenters. The highest BCUT2D eigenvalue weighted by molar-refractivity contribution is 9.10. The quantitative estimate of drug-likeness (QED) is 0.789. The Hall–Kier alpha value is -0.630. The molecule has 1 aromatic carbocycles. The molecule has 0 heterocycles. The maximum atomic E-state index is 12.3. The highest BCUT2D eigenvalue weighted by Gasteiger charge is 2.28. The third kappa shape index (κ3) is 4.73. The van der Waals surface area contributed by atoms with Crippen LogP contribution in [0.5, 0.6) is 0 Å². The molecule has 2 N–H and O–H groups in total. The highest BCUT2D eigenvalue weighted by Crippen LogP contribution is 2.30. The van der Waals surface area contributed by atoms with Crippen LogP contribution in [0.3, 0.4) is 0 Å². The fourth-order valence-corrected chi connectivity index (χ4v) is 4.26. The van der Waals surface area contributed by atoms with Gasteiger partial charge in [-0.3, -0.25) is 4.79 Å². The van der Waals surface area contributed by atoms with Crippen LogP contribution in [0.2, 0.25) is 5.02 Å². The summed E-state index contributed by atoms with van der Waals surface area (Å²) in [4.78, 5) is 10.6. The number of carbonyl (C=O) groups is 1. The van der Waals surface area contributed by atoms with Gasteiger partial charge in [-0.05, 0) is 48.3 Å². The zero-order chi connectivity index (χ0) is 15.6. The zero-order valence-corrected chi connectivity index (χ0v) is 14.1. The molecule has 0 saturated carbocycles. The maximum Gasteiger partial charge on any atom is 0.303 e. The number of halogens is 2. The summed E-state index contributed by atoms with van der Waals surface area (Å²) >= 11 is 9.02. The van der Waals surface area contributed by atoms with E-state index in [1.165, 1.54) is 12.1 Å². The number of benzene rings is 1. The number of hydrogen-bond donors (Lipinski definition) is 2. The second kappa shape index (κ2) is 6.43. The Kier molecular flexibility index (Phi) is 5.60. The molecule has 0 fully saturated rings. The van der Waals surface area contributed by atoms with Gasteiger partial charge in [0.15, 0.2) is 0 Å². The van der Waals surface area contributed by atoms with Crippen molar-refractivity contribution in [2.45, 2.75) is 37.1 Å². The van der Waals surface area contributed by atoms with Gasteiger partial charge in [0, 0.05) is 12.0 Å². The van der Waals surface area contributed by atoms with Gasteiger partial charge in [0.1, 0.15) is 0 Å². The minimum absolute atomic E-state index is 0.0217. The molecule has 0 aliphatic heterocycles. The van der Waals surface area contributed by atoms with Crippen molar-refractivity contribution in [2.24, 2.45) is 0 Å². The molecule has 0 amide bonds. The lowest BCUT2D eigenvalue weighted by atomic mass is 10.0. The first kappa shape index (κ1) is 17.4. The van der Waals surface area contributed by atoms with Crippen LogP contribution >= 0.6 is 27.5 Å². The van der Waals surface area contributed by atoms with Crippen molar-refractivity contribution in [3.05, 3.63) is 27.7 Å². The molecular weight excluding hydrogens is 370 g/mol. The van der Waals surface area contributed by atoms with Gasteiger partial charge in [-0.2, -0.15) is 0 Å². The molecule has 0 aromatic heterocycles. The monoisotopic (exact) mass is 383 g/mol. The van der Waals surface area contributed by atoms with Crippen molar-refractivity contribution < 1.29 is 18.3 Å². The SMILES string of the molecule is CC(C)(CCC(=O)O)NS(=O)(=O)c1cccc(Cl)c1Br. The van der Waals surface area contributed by atoms with Crippen LogP contribution in [0, 0.1) is 0 Å². The Labute approximate surface area is 131 Å². The van der Waals surface area contributed by atoms with Crippen LogP contribution in [0.1, 0.15) is 26.7 Å². The summed E-state index contributed by atoms with van der Waals surface area (Å²) in [6.07, 6.45) is 0.0615. The van der Waals surface area contributed by atoms with Crippen LogP contribution < -0.4 is 4.72 Å². The van der Waals surface area contributed by atoms with E-state index >= 15 is 0 Å². The van der Waals surface area contributed by atoms with E-state index in [1.54, 1.807) is 19.9 Å². The van der Waals surface area contributed by atoms with Crippen molar-refractivity contribution >= 4 is 43.5 Å². The van der Waals surface area contributed by atoms with Gasteiger partial charge in [0.2, 0.25) is 10.0 Å². The number of carboxylic acid groups (broad SMARTS) is 1. The van der Waals surface area contributed by atoms with Crippen LogP contribution in [0.25, 0.3) is 0 Å². The lowest BCUT2D eigenvalue weighted by Crippen LogP contribution is -2.43. The van der Waals surface area contributed by atoms with Crippen LogP contribution in [-0.2, 0) is 14.8 Å². The van der Waals surface area contributed by atoms with Crippen molar-refractivity contribution in [3.63, 3.8) is 0 Å². The number of hydrogen-bond acceptors (Lipinski definition) is 3. The van der Waals surface area contributed by atoms with Crippen LogP contribution in [-0.4, -0.2) is 25.0 Å². The fourth-order valence-electron chi connectivity index (χ4n) is 1.58. The molecule has 1 rings (SSSR count). The largest absolute Gasteiger partial charge is 0.481 e. The van der Waals surface area contributed by atoms with Gasteiger partial charge >= 0.3 is 5.97 Å². The van der Waals surface area contributed by atoms with E-state index in [4.69, 9.17) is 16.7 Å². The summed E-state index contributed by atoms with van der Waals surface area (Å²) in [6.45, 7) is 3.26. The van der Waals surface area contributed by atoms with E-state index in [-0.39, 0.29) is 27.2 Å². The number of aliphatic carboxylic acids is 1. The molecule has 112 valence electrons. The molecule has 0 saturated heterocycles. The van der Waals surface area contributed by atoms with Gasteiger partial charge in [0.05, 0.1) is 14.4 Å². The molecule has 0 aliphatic carbocycles. The molecule has 1 aromatic rings. The van der Waals surface area contributed by atoms with E-state index in [1.807, 2.05) is 0 Å². The predicted molar refractivity (Wildman–Crippen MR) is 80.4 cm³/mol. The molecule has 20 heavy (non-hydrogen) atoms. The number of sulfonamides is 1. The topological polar surface area (TPSA) is 83.5 Å². The Morgan fingerprint density at radius 3 is 2.60 bits per heavy atom. The first-order chi connectivity index (χ1) is 9.05. The summed E-state index contributed by atoms with van der Waals surface area (Å²) in [6, 6.07) is 4.53. The maximum absolute atomic E-state index is 12.3. The molecular formula is C12H15BrClNO4S. The highest BCUT2D eigenvalue weighted by atomic mass is 79.9. The lowest BCUT2D eigenvalue weighted by Gasteiger charge is -2.25. The standard InChI is InChI=1S/C12H15BrClNO4S/c1-12(2,7-6-10(16)17)15-20(18,19)9-5-3-4-8(14)11(9)13/h3-5,15H,6-7H2,1-2H3,(H,16,17). The third-order valence-electron chi connectivity index (χ3n) is 2.58. The summed E-state index contributed by atoms with van der Waals surface area (Å²) < 4.78 is 27.4. The summed E-state index contributed by atoms with van der Waals surface area (Å²) in [5, 5.41) is 8.96. The minimum Gasteiger partial charge on any atom is -0.481 e. The number of carboxylic acids is 1. The van der Waals surface area contributed by atoms with E-state index in [2.05, 4.69) is 20.7 Å². The Bertz CT molecular complexity index is 616. The van der Waals surface area contributed by atoms with Gasteiger partial charge in [0.25, 0.3) is 0 Å². The Balaban J connectivity index is 3.00. The van der Waals surface area contributed by atoms with Crippen LogP contribution in [0.15, 0.2) is 27.6 Å². The van der Waals surface area contributed by atoms with E-state index in [9.17, 15) is 13.2 Å². The van der Waals surface area contributed by atoms with Gasteiger partial charge < -0.3 is 5.11 Å². The molecule has 0 radical (unpaired) electrons. The first-order valence-corrected chi connectivity index (χ1v) is 8.40. The smallest absolute Gasteiger partial charge is 0.303 e. The van der Waals surface area contributed by atoms with E-state index < -0.39 is 21.5 Å². The first-order valence-electron chi connectivity index (χ1n) is 5.75.